The molecule has 1 aliphatic rings. The molecule has 1 saturated heterocycles. The molecule has 136 valence electrons. The Balaban J connectivity index is 1.78. The number of aromatic nitrogens is 1. The summed E-state index contributed by atoms with van der Waals surface area (Å²) in [5.74, 6) is 1.08. The summed E-state index contributed by atoms with van der Waals surface area (Å²) in [5, 5.41) is 1.98. The van der Waals surface area contributed by atoms with E-state index in [1.807, 2.05) is 4.90 Å². The number of amides is 1. The Labute approximate surface area is 158 Å². The first-order valence-corrected chi connectivity index (χ1v) is 10.2. The molecule has 1 amide bonds. The number of nitrogens with two attached hydrogens (primary N) is 1. The third-order valence-corrected chi connectivity index (χ3v) is 6.45. The van der Waals surface area contributed by atoms with E-state index in [1.54, 1.807) is 0 Å². The first kappa shape index (κ1) is 17.3. The average Bonchev–Trinajstić information content (AvgIpc) is 2.94. The SMILES string of the molecule is CC(C)c1ccc2nc3sc(C(=O)N4CCC[C@@H](C)C4)c(N)c3cc2c1. The molecular formula is C21H25N3OS. The van der Waals surface area contributed by atoms with Crippen LogP contribution in [0.25, 0.3) is 21.1 Å². The van der Waals surface area contributed by atoms with Gasteiger partial charge in [-0.15, -0.1) is 11.3 Å². The number of anilines is 1. The topological polar surface area (TPSA) is 59.2 Å². The van der Waals surface area contributed by atoms with E-state index in [4.69, 9.17) is 10.7 Å². The minimum Gasteiger partial charge on any atom is -0.397 e. The van der Waals surface area contributed by atoms with Crippen LogP contribution >= 0.6 is 11.3 Å². The van der Waals surface area contributed by atoms with Crippen LogP contribution in [0, 0.1) is 5.92 Å². The summed E-state index contributed by atoms with van der Waals surface area (Å²) < 4.78 is 0. The van der Waals surface area contributed by atoms with Gasteiger partial charge in [-0.3, -0.25) is 4.79 Å². The number of carbonyl (C=O) groups is 1. The maximum atomic E-state index is 13.0. The second-order valence-corrected chi connectivity index (χ2v) is 8.79. The average molecular weight is 368 g/mol. The number of hydrogen-bond donors (Lipinski definition) is 1. The second kappa shape index (κ2) is 6.54. The lowest BCUT2D eigenvalue weighted by molar-refractivity contribution is 0.0689. The summed E-state index contributed by atoms with van der Waals surface area (Å²) in [5.41, 5.74) is 9.21. The minimum absolute atomic E-state index is 0.0592. The maximum Gasteiger partial charge on any atom is 0.266 e. The van der Waals surface area contributed by atoms with Gasteiger partial charge in [0.2, 0.25) is 0 Å². The van der Waals surface area contributed by atoms with Crippen LogP contribution in [0.3, 0.4) is 0 Å². The van der Waals surface area contributed by atoms with Crippen LogP contribution in [0.1, 0.15) is 54.8 Å². The Morgan fingerprint density at radius 2 is 2.15 bits per heavy atom. The first-order valence-electron chi connectivity index (χ1n) is 9.36. The van der Waals surface area contributed by atoms with Gasteiger partial charge in [-0.25, -0.2) is 4.98 Å². The molecule has 3 aromatic rings. The fourth-order valence-corrected chi connectivity index (χ4v) is 4.81. The third kappa shape index (κ3) is 2.94. The van der Waals surface area contributed by atoms with Crippen molar-refractivity contribution in [3.63, 3.8) is 0 Å². The number of thiophene rings is 1. The number of rotatable bonds is 2. The molecule has 1 aromatic carbocycles. The molecule has 3 heterocycles. The van der Waals surface area contributed by atoms with E-state index in [-0.39, 0.29) is 5.91 Å². The van der Waals surface area contributed by atoms with Crippen molar-refractivity contribution in [2.75, 3.05) is 18.8 Å². The summed E-state index contributed by atoms with van der Waals surface area (Å²) in [6, 6.07) is 8.46. The van der Waals surface area contributed by atoms with Crippen molar-refractivity contribution >= 4 is 44.1 Å². The summed E-state index contributed by atoms with van der Waals surface area (Å²) in [6.07, 6.45) is 2.26. The molecule has 1 aliphatic heterocycles. The van der Waals surface area contributed by atoms with E-state index in [0.29, 0.717) is 22.4 Å². The summed E-state index contributed by atoms with van der Waals surface area (Å²) in [6.45, 7) is 8.21. The van der Waals surface area contributed by atoms with Crippen molar-refractivity contribution in [2.24, 2.45) is 5.92 Å². The highest BCUT2D eigenvalue weighted by molar-refractivity contribution is 7.21. The lowest BCUT2D eigenvalue weighted by Crippen LogP contribution is -2.38. The Morgan fingerprint density at radius 1 is 1.35 bits per heavy atom. The predicted molar refractivity (Wildman–Crippen MR) is 110 cm³/mol. The molecule has 0 radical (unpaired) electrons. The van der Waals surface area contributed by atoms with E-state index in [9.17, 15) is 4.79 Å². The van der Waals surface area contributed by atoms with Gasteiger partial charge in [0.05, 0.1) is 11.2 Å². The second-order valence-electron chi connectivity index (χ2n) is 7.79. The molecule has 1 atom stereocenters. The number of nitrogen functional groups attached to an aromatic ring is 1. The van der Waals surface area contributed by atoms with Crippen LogP contribution in [-0.4, -0.2) is 28.9 Å². The molecule has 5 heteroatoms. The van der Waals surface area contributed by atoms with Crippen molar-refractivity contribution < 1.29 is 4.79 Å². The highest BCUT2D eigenvalue weighted by atomic mass is 32.1. The van der Waals surface area contributed by atoms with Crippen LogP contribution in [-0.2, 0) is 0 Å². The van der Waals surface area contributed by atoms with E-state index in [2.05, 4.69) is 45.0 Å². The van der Waals surface area contributed by atoms with Crippen LogP contribution < -0.4 is 5.73 Å². The zero-order valence-corrected chi connectivity index (χ0v) is 16.4. The summed E-state index contributed by atoms with van der Waals surface area (Å²) in [4.78, 5) is 21.2. The number of piperidine rings is 1. The summed E-state index contributed by atoms with van der Waals surface area (Å²) >= 11 is 1.42. The molecule has 0 unspecified atom stereocenters. The zero-order chi connectivity index (χ0) is 18.4. The van der Waals surface area contributed by atoms with Crippen LogP contribution in [0.4, 0.5) is 5.69 Å². The minimum atomic E-state index is 0.0592. The third-order valence-electron chi connectivity index (χ3n) is 5.34. The van der Waals surface area contributed by atoms with E-state index in [1.165, 1.54) is 23.3 Å². The molecule has 26 heavy (non-hydrogen) atoms. The lowest BCUT2D eigenvalue weighted by Gasteiger charge is -2.30. The van der Waals surface area contributed by atoms with Crippen molar-refractivity contribution in [2.45, 2.75) is 39.5 Å². The van der Waals surface area contributed by atoms with E-state index in [0.717, 1.165) is 40.6 Å². The highest BCUT2D eigenvalue weighted by Crippen LogP contribution is 2.36. The van der Waals surface area contributed by atoms with Gasteiger partial charge < -0.3 is 10.6 Å². The molecule has 1 fully saturated rings. The quantitative estimate of drug-likeness (QED) is 0.691. The van der Waals surface area contributed by atoms with Crippen LogP contribution in [0.15, 0.2) is 24.3 Å². The first-order chi connectivity index (χ1) is 12.4. The predicted octanol–water partition coefficient (Wildman–Crippen LogP) is 5.03. The van der Waals surface area contributed by atoms with Crippen LogP contribution in [0.2, 0.25) is 0 Å². The van der Waals surface area contributed by atoms with Gasteiger partial charge in [0.1, 0.15) is 9.71 Å². The molecule has 0 spiro atoms. The number of carbonyl (C=O) groups excluding carboxylic acids is 1. The Bertz CT molecular complexity index is 992. The molecule has 2 N–H and O–H groups in total. The Morgan fingerprint density at radius 3 is 2.88 bits per heavy atom. The summed E-state index contributed by atoms with van der Waals surface area (Å²) in [7, 11) is 0. The van der Waals surface area contributed by atoms with E-state index < -0.39 is 0 Å². The fraction of sp³-hybridized carbons (Fsp3) is 0.429. The molecule has 2 aromatic heterocycles. The van der Waals surface area contributed by atoms with Crippen molar-refractivity contribution in [1.29, 1.82) is 0 Å². The normalized spacial score (nSPS) is 18.2. The highest BCUT2D eigenvalue weighted by Gasteiger charge is 2.26. The maximum absolute atomic E-state index is 13.0. The van der Waals surface area contributed by atoms with Gasteiger partial charge in [-0.05, 0) is 48.4 Å². The van der Waals surface area contributed by atoms with E-state index >= 15 is 0 Å². The lowest BCUT2D eigenvalue weighted by atomic mass is 10.00. The van der Waals surface area contributed by atoms with Crippen molar-refractivity contribution in [3.05, 3.63) is 34.7 Å². The number of benzene rings is 1. The molecule has 0 bridgehead atoms. The number of pyridine rings is 1. The van der Waals surface area contributed by atoms with Crippen LogP contribution in [0.5, 0.6) is 0 Å². The monoisotopic (exact) mass is 367 g/mol. The number of hydrogen-bond acceptors (Lipinski definition) is 4. The molecule has 4 rings (SSSR count). The van der Waals surface area contributed by atoms with Gasteiger partial charge in [0.15, 0.2) is 0 Å². The molecule has 0 aliphatic carbocycles. The van der Waals surface area contributed by atoms with Crippen molar-refractivity contribution in [1.82, 2.24) is 9.88 Å². The molecular weight excluding hydrogens is 342 g/mol. The number of likely N-dealkylation sites (tertiary alicyclic amines) is 1. The largest absolute Gasteiger partial charge is 0.397 e. The standard InChI is InChI=1S/C21H25N3OS/c1-12(2)14-6-7-17-15(9-14)10-16-18(22)19(26-20(16)23-17)21(25)24-8-4-5-13(3)11-24/h6-7,9-10,12-13H,4-5,8,11,22H2,1-3H3/t13-/m1/s1. The smallest absolute Gasteiger partial charge is 0.266 e. The number of nitrogens with zero attached hydrogens (tertiary/aromatic N) is 2. The zero-order valence-electron chi connectivity index (χ0n) is 15.6. The number of fused-ring (bicyclic) bond motifs is 2. The molecule has 4 nitrogen and oxygen atoms in total. The van der Waals surface area contributed by atoms with Gasteiger partial charge in [-0.1, -0.05) is 26.8 Å². The van der Waals surface area contributed by atoms with Gasteiger partial charge in [-0.2, -0.15) is 0 Å². The van der Waals surface area contributed by atoms with Gasteiger partial charge >= 0.3 is 0 Å². The molecule has 0 saturated carbocycles. The Kier molecular flexibility index (Phi) is 4.35. The van der Waals surface area contributed by atoms with Gasteiger partial charge in [0, 0.05) is 23.9 Å². The van der Waals surface area contributed by atoms with Gasteiger partial charge in [0.25, 0.3) is 5.91 Å². The van der Waals surface area contributed by atoms with Crippen molar-refractivity contribution in [3.8, 4) is 0 Å². The fourth-order valence-electron chi connectivity index (χ4n) is 3.76. The Hall–Kier alpha value is -2.14.